The number of carboxylic acids is 1. The fourth-order valence-electron chi connectivity index (χ4n) is 2.93. The summed E-state index contributed by atoms with van der Waals surface area (Å²) in [5.74, 6) is -1.40. The normalized spacial score (nSPS) is 28.4. The van der Waals surface area contributed by atoms with E-state index in [4.69, 9.17) is 0 Å². The van der Waals surface area contributed by atoms with Gasteiger partial charge in [0.25, 0.3) is 0 Å². The van der Waals surface area contributed by atoms with Crippen molar-refractivity contribution in [2.45, 2.75) is 68.7 Å². The molecule has 2 rings (SSSR count). The van der Waals surface area contributed by atoms with Crippen LogP contribution in [0.1, 0.15) is 46.5 Å². The van der Waals surface area contributed by atoms with Gasteiger partial charge in [0.2, 0.25) is 11.8 Å². The van der Waals surface area contributed by atoms with E-state index in [9.17, 15) is 19.5 Å². The molecule has 2 heterocycles. The number of carbonyl (C=O) groups excluding carboxylic acids is 2. The van der Waals surface area contributed by atoms with E-state index in [1.165, 1.54) is 16.7 Å². The van der Waals surface area contributed by atoms with Gasteiger partial charge in [0, 0.05) is 62.6 Å². The van der Waals surface area contributed by atoms with Crippen LogP contribution in [0, 0.1) is 0 Å². The average Bonchev–Trinajstić information content (AvgIpc) is 2.65. The third kappa shape index (κ3) is 3.89. The molecule has 0 unspecified atom stereocenters. The van der Waals surface area contributed by atoms with Crippen molar-refractivity contribution < 1.29 is 19.5 Å². The minimum atomic E-state index is -0.990. The number of unbranched alkanes of at least 4 members (excludes halogenated alkanes) is 2. The van der Waals surface area contributed by atoms with Gasteiger partial charge in [-0.05, 0) is 20.3 Å². The Morgan fingerprint density at radius 3 is 2.55 bits per heavy atom. The molecule has 8 heteroatoms. The Morgan fingerprint density at radius 2 is 2.00 bits per heavy atom. The molecule has 0 aromatic carbocycles. The molecular formula is C14H22KN2O4S. The van der Waals surface area contributed by atoms with E-state index in [0.717, 1.165) is 19.3 Å². The second-order valence-electron chi connectivity index (χ2n) is 6.10. The van der Waals surface area contributed by atoms with Gasteiger partial charge in [-0.1, -0.05) is 19.8 Å². The Balaban J connectivity index is 0.00000242. The maximum atomic E-state index is 12.1. The maximum Gasteiger partial charge on any atom is 0.327 e. The number of hydrogen-bond donors (Lipinski definition) is 2. The van der Waals surface area contributed by atoms with E-state index in [-0.39, 0.29) is 68.6 Å². The van der Waals surface area contributed by atoms with Crippen LogP contribution in [0.3, 0.4) is 0 Å². The molecule has 2 aliphatic heterocycles. The van der Waals surface area contributed by atoms with Crippen molar-refractivity contribution in [1.29, 1.82) is 0 Å². The Labute approximate surface area is 177 Å². The maximum absolute atomic E-state index is 12.1. The summed E-state index contributed by atoms with van der Waals surface area (Å²) >= 11 is 1.45. The van der Waals surface area contributed by atoms with Crippen molar-refractivity contribution in [1.82, 2.24) is 10.2 Å². The van der Waals surface area contributed by atoms with E-state index in [1.807, 2.05) is 13.8 Å². The Kier molecular flexibility index (Phi) is 7.42. The molecule has 3 atom stereocenters. The molecule has 2 aliphatic rings. The van der Waals surface area contributed by atoms with Gasteiger partial charge in [0.1, 0.15) is 17.5 Å². The number of thioether (sulfide) groups is 1. The number of carboxylic acid groups (broad SMARTS) is 1. The van der Waals surface area contributed by atoms with Crippen molar-refractivity contribution in [3.05, 3.63) is 0 Å². The summed E-state index contributed by atoms with van der Waals surface area (Å²) in [5, 5.41) is 11.8. The van der Waals surface area contributed by atoms with Crippen molar-refractivity contribution in [2.24, 2.45) is 0 Å². The summed E-state index contributed by atoms with van der Waals surface area (Å²) in [5.41, 5.74) is 0. The Bertz CT molecular complexity index is 472. The zero-order chi connectivity index (χ0) is 15.8. The van der Waals surface area contributed by atoms with Gasteiger partial charge in [0.15, 0.2) is 0 Å². The van der Waals surface area contributed by atoms with E-state index < -0.39 is 22.8 Å². The zero-order valence-corrected chi connectivity index (χ0v) is 17.5. The number of fused-ring (bicyclic) bond motifs is 1. The van der Waals surface area contributed by atoms with E-state index in [1.54, 1.807) is 0 Å². The van der Waals surface area contributed by atoms with E-state index in [2.05, 4.69) is 12.2 Å². The first kappa shape index (κ1) is 20.4. The fourth-order valence-corrected chi connectivity index (χ4v) is 4.55. The van der Waals surface area contributed by atoms with Crippen LogP contribution in [-0.4, -0.2) is 101 Å². The van der Waals surface area contributed by atoms with Crippen molar-refractivity contribution in [2.75, 3.05) is 0 Å². The average molecular weight is 354 g/mol. The number of aliphatic carboxylic acids is 1. The molecule has 0 spiro atoms. The van der Waals surface area contributed by atoms with Gasteiger partial charge < -0.3 is 15.3 Å². The summed E-state index contributed by atoms with van der Waals surface area (Å²) in [4.78, 5) is 36.7. The quantitative estimate of drug-likeness (QED) is 0.419. The molecule has 2 fully saturated rings. The summed E-state index contributed by atoms with van der Waals surface area (Å²) in [6.07, 6.45) is 3.26. The first-order chi connectivity index (χ1) is 9.79. The number of nitrogens with zero attached hydrogens (tertiary/aromatic N) is 1. The number of amides is 2. The second-order valence-corrected chi connectivity index (χ2v) is 7.87. The molecule has 119 valence electrons. The van der Waals surface area contributed by atoms with Crippen molar-refractivity contribution >= 4 is 80.9 Å². The van der Waals surface area contributed by atoms with Crippen LogP contribution >= 0.6 is 11.8 Å². The van der Waals surface area contributed by atoms with Crippen LogP contribution in [0.4, 0.5) is 0 Å². The first-order valence-electron chi connectivity index (χ1n) is 7.31. The first-order valence-corrected chi connectivity index (χ1v) is 8.19. The smallest absolute Gasteiger partial charge is 0.327 e. The fraction of sp³-hybridized carbons (Fsp3) is 0.786. The summed E-state index contributed by atoms with van der Waals surface area (Å²) in [6, 6.07) is -1.40. The van der Waals surface area contributed by atoms with Crippen LogP contribution in [0.2, 0.25) is 0 Å². The topological polar surface area (TPSA) is 86.7 Å². The standard InChI is InChI=1S/C14H22N2O4S.K/c1-4-5-6-7-8(17)15-9-11(18)16-10(13(19)20)14(2,3)21-12(9)16;/h9-10,12H,4-7H2,1-3H3,(H,15,17)(H,19,20);/t9-,10+,12-;/m1./s1. The van der Waals surface area contributed by atoms with Gasteiger partial charge >= 0.3 is 5.97 Å². The van der Waals surface area contributed by atoms with Crippen LogP contribution < -0.4 is 5.32 Å². The number of carbonyl (C=O) groups is 3. The third-order valence-corrected chi connectivity index (χ3v) is 5.57. The second kappa shape index (κ2) is 7.98. The number of rotatable bonds is 6. The third-order valence-electron chi connectivity index (χ3n) is 4.00. The van der Waals surface area contributed by atoms with Crippen molar-refractivity contribution in [3.8, 4) is 0 Å². The van der Waals surface area contributed by atoms with Gasteiger partial charge in [-0.3, -0.25) is 9.59 Å². The molecule has 1 radical (unpaired) electrons. The molecule has 2 amide bonds. The van der Waals surface area contributed by atoms with Crippen LogP contribution in [-0.2, 0) is 14.4 Å². The Morgan fingerprint density at radius 1 is 1.36 bits per heavy atom. The summed E-state index contributed by atoms with van der Waals surface area (Å²) in [6.45, 7) is 5.71. The van der Waals surface area contributed by atoms with Gasteiger partial charge in [-0.25, -0.2) is 4.79 Å². The molecule has 0 aliphatic carbocycles. The van der Waals surface area contributed by atoms with Crippen LogP contribution in [0.15, 0.2) is 0 Å². The Hall–Kier alpha value is 0.396. The largest absolute Gasteiger partial charge is 0.480 e. The minimum Gasteiger partial charge on any atom is -0.480 e. The number of hydrogen-bond acceptors (Lipinski definition) is 4. The van der Waals surface area contributed by atoms with Gasteiger partial charge in [-0.2, -0.15) is 0 Å². The summed E-state index contributed by atoms with van der Waals surface area (Å²) < 4.78 is -0.548. The molecule has 0 aromatic heterocycles. The molecule has 0 bridgehead atoms. The van der Waals surface area contributed by atoms with Crippen LogP contribution in [0.25, 0.3) is 0 Å². The van der Waals surface area contributed by atoms with E-state index in [0.29, 0.717) is 6.42 Å². The van der Waals surface area contributed by atoms with Crippen molar-refractivity contribution in [3.63, 3.8) is 0 Å². The summed E-state index contributed by atoms with van der Waals surface area (Å²) in [7, 11) is 0. The monoisotopic (exact) mass is 353 g/mol. The SMILES string of the molecule is CCCCCC(=O)N[C@@H]1C(=O)N2[C@@H]1SC(C)(C)[C@@H]2C(=O)O.[K]. The van der Waals surface area contributed by atoms with Gasteiger partial charge in [0.05, 0.1) is 0 Å². The molecule has 0 aromatic rings. The molecule has 0 saturated carbocycles. The predicted octanol–water partition coefficient (Wildman–Crippen LogP) is 0.818. The van der Waals surface area contributed by atoms with E-state index >= 15 is 0 Å². The molecular weight excluding hydrogens is 331 g/mol. The minimum absolute atomic E-state index is 0. The van der Waals surface area contributed by atoms with Gasteiger partial charge in [-0.15, -0.1) is 11.8 Å². The number of nitrogens with one attached hydrogen (secondary N) is 1. The predicted molar refractivity (Wildman–Crippen MR) is 85.6 cm³/mol. The molecule has 2 saturated heterocycles. The number of β-lactam (4-membered cyclic amide) rings is 1. The zero-order valence-electron chi connectivity index (χ0n) is 13.6. The molecule has 2 N–H and O–H groups in total. The van der Waals surface area contributed by atoms with Crippen LogP contribution in [0.5, 0.6) is 0 Å². The molecule has 6 nitrogen and oxygen atoms in total. The molecule has 22 heavy (non-hydrogen) atoms.